The number of pyridine rings is 1. The molecule has 1 aromatic carbocycles. The zero-order valence-electron chi connectivity index (χ0n) is 14.0. The summed E-state index contributed by atoms with van der Waals surface area (Å²) in [6.45, 7) is 0.978. The second-order valence-corrected chi connectivity index (χ2v) is 6.32. The molecule has 1 fully saturated rings. The molecule has 3 rings (SSSR count). The Morgan fingerprint density at radius 2 is 2.20 bits per heavy atom. The van der Waals surface area contributed by atoms with Gasteiger partial charge in [-0.05, 0) is 43.0 Å². The van der Waals surface area contributed by atoms with E-state index in [-0.39, 0.29) is 17.6 Å². The minimum Gasteiger partial charge on any atom is -0.439 e. The molecule has 1 aliphatic rings. The lowest BCUT2D eigenvalue weighted by Crippen LogP contribution is -2.34. The first-order chi connectivity index (χ1) is 12.2. The van der Waals surface area contributed by atoms with E-state index in [0.29, 0.717) is 30.6 Å². The molecule has 1 aliphatic carbocycles. The molecule has 0 spiro atoms. The number of carbonyl (C=O) groups excluding carboxylic acids is 1. The topological polar surface area (TPSA) is 77.2 Å². The molecule has 1 aromatic heterocycles. The van der Waals surface area contributed by atoms with Crippen molar-refractivity contribution in [1.82, 2.24) is 10.3 Å². The lowest BCUT2D eigenvalue weighted by atomic mass is 9.95. The van der Waals surface area contributed by atoms with Gasteiger partial charge in [0.15, 0.2) is 0 Å². The van der Waals surface area contributed by atoms with Crippen molar-refractivity contribution in [3.05, 3.63) is 54.0 Å². The van der Waals surface area contributed by atoms with E-state index in [1.54, 1.807) is 24.4 Å². The van der Waals surface area contributed by atoms with Crippen LogP contribution in [-0.2, 0) is 11.3 Å². The number of amides is 1. The number of hydrogen-bond donors (Lipinski definition) is 2. The van der Waals surface area contributed by atoms with Gasteiger partial charge in [0.2, 0.25) is 11.8 Å². The third kappa shape index (κ3) is 4.54. The molecule has 0 bridgehead atoms. The molecule has 0 radical (unpaired) electrons. The van der Waals surface area contributed by atoms with Crippen LogP contribution < -0.4 is 15.8 Å². The number of benzene rings is 1. The van der Waals surface area contributed by atoms with Crippen LogP contribution in [0, 0.1) is 17.7 Å². The molecule has 25 heavy (non-hydrogen) atoms. The van der Waals surface area contributed by atoms with Crippen LogP contribution in [0.25, 0.3) is 0 Å². The van der Waals surface area contributed by atoms with Crippen LogP contribution in [0.2, 0.25) is 0 Å². The summed E-state index contributed by atoms with van der Waals surface area (Å²) in [6.07, 6.45) is 4.65. The second kappa shape index (κ2) is 8.07. The summed E-state index contributed by atoms with van der Waals surface area (Å²) in [7, 11) is 0. The number of nitrogens with zero attached hydrogens (tertiary/aromatic N) is 1. The molecule has 1 heterocycles. The van der Waals surface area contributed by atoms with Crippen LogP contribution in [0.15, 0.2) is 42.6 Å². The summed E-state index contributed by atoms with van der Waals surface area (Å²) in [5, 5.41) is 2.96. The van der Waals surface area contributed by atoms with Crippen LogP contribution in [0.4, 0.5) is 4.39 Å². The van der Waals surface area contributed by atoms with Crippen LogP contribution in [0.1, 0.15) is 24.8 Å². The van der Waals surface area contributed by atoms with Gasteiger partial charge in [-0.3, -0.25) is 4.79 Å². The molecule has 6 heteroatoms. The Hall–Kier alpha value is -2.47. The van der Waals surface area contributed by atoms with Crippen LogP contribution in [0.3, 0.4) is 0 Å². The molecule has 0 aliphatic heterocycles. The SMILES string of the molecule is NC[C@H]1CCC[C@H]1C(=O)NCc1ccc(Oc2cccc(F)c2)nc1. The van der Waals surface area contributed by atoms with Gasteiger partial charge >= 0.3 is 0 Å². The number of hydrogen-bond acceptors (Lipinski definition) is 4. The zero-order chi connectivity index (χ0) is 17.6. The molecule has 2 aromatic rings. The van der Waals surface area contributed by atoms with E-state index in [1.165, 1.54) is 12.1 Å². The van der Waals surface area contributed by atoms with Gasteiger partial charge in [0.25, 0.3) is 0 Å². The maximum Gasteiger partial charge on any atom is 0.223 e. The molecular weight excluding hydrogens is 321 g/mol. The Morgan fingerprint density at radius 3 is 2.92 bits per heavy atom. The third-order valence-electron chi connectivity index (χ3n) is 4.58. The molecule has 0 saturated heterocycles. The standard InChI is InChI=1S/C19H22FN3O2/c20-15-4-2-5-16(9-15)25-18-8-7-13(11-22-18)12-23-19(24)17-6-1-3-14(17)10-21/h2,4-5,7-9,11,14,17H,1,3,6,10,12,21H2,(H,23,24)/t14-,17-/m1/s1. The fourth-order valence-corrected chi connectivity index (χ4v) is 3.21. The van der Waals surface area contributed by atoms with E-state index in [4.69, 9.17) is 10.5 Å². The highest BCUT2D eigenvalue weighted by Gasteiger charge is 2.31. The summed E-state index contributed by atoms with van der Waals surface area (Å²) in [4.78, 5) is 16.5. The second-order valence-electron chi connectivity index (χ2n) is 6.32. The largest absolute Gasteiger partial charge is 0.439 e. The highest BCUT2D eigenvalue weighted by molar-refractivity contribution is 5.79. The van der Waals surface area contributed by atoms with E-state index in [2.05, 4.69) is 10.3 Å². The van der Waals surface area contributed by atoms with Crippen molar-refractivity contribution in [3.63, 3.8) is 0 Å². The summed E-state index contributed by atoms with van der Waals surface area (Å²) >= 11 is 0. The zero-order valence-corrected chi connectivity index (χ0v) is 14.0. The average molecular weight is 343 g/mol. The molecule has 2 atom stereocenters. The van der Waals surface area contributed by atoms with Gasteiger partial charge in [0, 0.05) is 30.8 Å². The van der Waals surface area contributed by atoms with Crippen molar-refractivity contribution < 1.29 is 13.9 Å². The molecule has 1 saturated carbocycles. The number of carbonyl (C=O) groups is 1. The monoisotopic (exact) mass is 343 g/mol. The Morgan fingerprint density at radius 1 is 1.32 bits per heavy atom. The van der Waals surface area contributed by atoms with Crippen molar-refractivity contribution in [3.8, 4) is 11.6 Å². The van der Waals surface area contributed by atoms with Crippen molar-refractivity contribution >= 4 is 5.91 Å². The molecule has 3 N–H and O–H groups in total. The first-order valence-corrected chi connectivity index (χ1v) is 8.52. The summed E-state index contributed by atoms with van der Waals surface area (Å²) in [5.41, 5.74) is 6.61. The van der Waals surface area contributed by atoms with Crippen LogP contribution in [-0.4, -0.2) is 17.4 Å². The molecule has 0 unspecified atom stereocenters. The van der Waals surface area contributed by atoms with E-state index in [0.717, 1.165) is 24.8 Å². The summed E-state index contributed by atoms with van der Waals surface area (Å²) < 4.78 is 18.6. The number of nitrogens with one attached hydrogen (secondary N) is 1. The predicted molar refractivity (Wildman–Crippen MR) is 92.4 cm³/mol. The number of rotatable bonds is 6. The van der Waals surface area contributed by atoms with E-state index < -0.39 is 0 Å². The van der Waals surface area contributed by atoms with Gasteiger partial charge in [-0.25, -0.2) is 9.37 Å². The maximum atomic E-state index is 13.1. The first-order valence-electron chi connectivity index (χ1n) is 8.52. The maximum absolute atomic E-state index is 13.1. The Bertz CT molecular complexity index is 721. The van der Waals surface area contributed by atoms with Gasteiger partial charge < -0.3 is 15.8 Å². The van der Waals surface area contributed by atoms with Crippen molar-refractivity contribution in [1.29, 1.82) is 0 Å². The van der Waals surface area contributed by atoms with E-state index in [1.807, 2.05) is 6.07 Å². The lowest BCUT2D eigenvalue weighted by molar-refractivity contribution is -0.126. The van der Waals surface area contributed by atoms with Gasteiger partial charge in [-0.1, -0.05) is 18.6 Å². The Labute approximate surface area is 146 Å². The third-order valence-corrected chi connectivity index (χ3v) is 4.58. The van der Waals surface area contributed by atoms with Gasteiger partial charge in [-0.2, -0.15) is 0 Å². The Kier molecular flexibility index (Phi) is 5.60. The number of nitrogens with two attached hydrogens (primary N) is 1. The lowest BCUT2D eigenvalue weighted by Gasteiger charge is -2.17. The Balaban J connectivity index is 1.53. The first kappa shape index (κ1) is 17.4. The number of halogens is 1. The van der Waals surface area contributed by atoms with Crippen molar-refractivity contribution in [2.75, 3.05) is 6.54 Å². The number of aromatic nitrogens is 1. The molecular formula is C19H22FN3O2. The van der Waals surface area contributed by atoms with Gasteiger partial charge in [-0.15, -0.1) is 0 Å². The fraction of sp³-hybridized carbons (Fsp3) is 0.368. The molecule has 5 nitrogen and oxygen atoms in total. The highest BCUT2D eigenvalue weighted by atomic mass is 19.1. The van der Waals surface area contributed by atoms with E-state index >= 15 is 0 Å². The minimum absolute atomic E-state index is 0.0218. The fourth-order valence-electron chi connectivity index (χ4n) is 3.21. The molecule has 1 amide bonds. The van der Waals surface area contributed by atoms with Crippen molar-refractivity contribution in [2.45, 2.75) is 25.8 Å². The quantitative estimate of drug-likeness (QED) is 0.845. The predicted octanol–water partition coefficient (Wildman–Crippen LogP) is 3.00. The highest BCUT2D eigenvalue weighted by Crippen LogP contribution is 2.31. The molecule has 132 valence electrons. The van der Waals surface area contributed by atoms with Gasteiger partial charge in [0.1, 0.15) is 11.6 Å². The summed E-state index contributed by atoms with van der Waals surface area (Å²) in [5.74, 6) is 0.781. The van der Waals surface area contributed by atoms with Crippen LogP contribution >= 0.6 is 0 Å². The normalized spacial score (nSPS) is 19.6. The summed E-state index contributed by atoms with van der Waals surface area (Å²) in [6, 6.07) is 9.42. The minimum atomic E-state index is -0.362. The van der Waals surface area contributed by atoms with Crippen molar-refractivity contribution in [2.24, 2.45) is 17.6 Å². The average Bonchev–Trinajstić information content (AvgIpc) is 3.10. The van der Waals surface area contributed by atoms with E-state index in [9.17, 15) is 9.18 Å². The number of ether oxygens (including phenoxy) is 1. The van der Waals surface area contributed by atoms with Crippen LogP contribution in [0.5, 0.6) is 11.6 Å². The smallest absolute Gasteiger partial charge is 0.223 e. The van der Waals surface area contributed by atoms with Gasteiger partial charge in [0.05, 0.1) is 0 Å².